The van der Waals surface area contributed by atoms with Gasteiger partial charge in [-0.15, -0.1) is 0 Å². The molecule has 0 radical (unpaired) electrons. The lowest BCUT2D eigenvalue weighted by molar-refractivity contribution is 0.177. The monoisotopic (exact) mass is 416 g/mol. The number of phenolic OH excluding ortho intramolecular Hbond substituents is 1. The predicted molar refractivity (Wildman–Crippen MR) is 103 cm³/mol. The highest BCUT2D eigenvalue weighted by Gasteiger charge is 2.52. The molecule has 3 aromatic rings. The Hall–Kier alpha value is -2.77. The molecule has 1 aliphatic heterocycles. The van der Waals surface area contributed by atoms with E-state index >= 15 is 0 Å². The summed E-state index contributed by atoms with van der Waals surface area (Å²) in [5.41, 5.74) is 0.283. The molecule has 0 fully saturated rings. The average Bonchev–Trinajstić information content (AvgIpc) is 2.90. The van der Waals surface area contributed by atoms with Crippen molar-refractivity contribution in [2.45, 2.75) is 31.3 Å². The molecule has 150 valence electrons. The molecule has 7 heteroatoms. The number of phenols is 1. The second kappa shape index (κ2) is 6.37. The van der Waals surface area contributed by atoms with E-state index in [0.717, 1.165) is 6.07 Å². The number of aromatic hydroxyl groups is 1. The molecule has 0 bridgehead atoms. The molecule has 1 heterocycles. The number of rotatable bonds is 2. The molecule has 1 atom stereocenters. The lowest BCUT2D eigenvalue weighted by Gasteiger charge is -2.32. The fourth-order valence-electron chi connectivity index (χ4n) is 4.01. The summed E-state index contributed by atoms with van der Waals surface area (Å²) in [6.07, 6.45) is 0. The summed E-state index contributed by atoms with van der Waals surface area (Å²) in [7, 11) is -4.20. The number of benzene rings is 3. The second-order valence-corrected chi connectivity index (χ2v) is 8.76. The Morgan fingerprint density at radius 2 is 1.41 bits per heavy atom. The summed E-state index contributed by atoms with van der Waals surface area (Å²) in [6.45, 7) is 4.92. The van der Waals surface area contributed by atoms with E-state index in [-0.39, 0.29) is 21.6 Å². The van der Waals surface area contributed by atoms with Crippen LogP contribution in [0.1, 0.15) is 33.4 Å². The van der Waals surface area contributed by atoms with Gasteiger partial charge in [0.2, 0.25) is 0 Å². The van der Waals surface area contributed by atoms with Gasteiger partial charge in [0.15, 0.2) is 17.2 Å². The molecule has 0 amide bonds. The molecule has 0 aliphatic carbocycles. The lowest BCUT2D eigenvalue weighted by atomic mass is 9.76. The van der Waals surface area contributed by atoms with Gasteiger partial charge in [-0.05, 0) is 61.7 Å². The van der Waals surface area contributed by atoms with E-state index in [1.54, 1.807) is 45.0 Å². The summed E-state index contributed by atoms with van der Waals surface area (Å²) in [4.78, 5) is -0.0618. The number of hydrogen-bond donors (Lipinski definition) is 1. The summed E-state index contributed by atoms with van der Waals surface area (Å²) in [6, 6.07) is 11.2. The Morgan fingerprint density at radius 1 is 0.828 bits per heavy atom. The van der Waals surface area contributed by atoms with Crippen molar-refractivity contribution < 1.29 is 26.5 Å². The summed E-state index contributed by atoms with van der Waals surface area (Å²) in [5.74, 6) is -2.03. The smallest absolute Gasteiger partial charge is 0.298 e. The molecule has 0 saturated heterocycles. The maximum absolute atomic E-state index is 14.6. The Balaban J connectivity index is 2.20. The minimum atomic E-state index is -4.20. The van der Waals surface area contributed by atoms with Gasteiger partial charge in [-0.1, -0.05) is 24.3 Å². The van der Waals surface area contributed by atoms with Crippen molar-refractivity contribution >= 4 is 10.1 Å². The number of fused-ring (bicyclic) bond motifs is 1. The van der Waals surface area contributed by atoms with Crippen LogP contribution in [0, 0.1) is 32.4 Å². The predicted octanol–water partition coefficient (Wildman–Crippen LogP) is 4.61. The molecular formula is C22H18F2O4S. The highest BCUT2D eigenvalue weighted by atomic mass is 32.2. The van der Waals surface area contributed by atoms with Crippen LogP contribution in [0.3, 0.4) is 0 Å². The van der Waals surface area contributed by atoms with Crippen molar-refractivity contribution in [2.75, 3.05) is 0 Å². The zero-order valence-electron chi connectivity index (χ0n) is 16.0. The van der Waals surface area contributed by atoms with Crippen LogP contribution in [0.5, 0.6) is 5.75 Å². The van der Waals surface area contributed by atoms with Crippen molar-refractivity contribution in [3.8, 4) is 5.75 Å². The van der Waals surface area contributed by atoms with Gasteiger partial charge in [-0.25, -0.2) is 13.0 Å². The molecule has 0 aromatic heterocycles. The van der Waals surface area contributed by atoms with E-state index in [0.29, 0.717) is 16.7 Å². The second-order valence-electron chi connectivity index (χ2n) is 7.25. The molecule has 0 spiro atoms. The first-order valence-electron chi connectivity index (χ1n) is 8.90. The van der Waals surface area contributed by atoms with Crippen LogP contribution in [-0.2, 0) is 19.9 Å². The third kappa shape index (κ3) is 2.76. The van der Waals surface area contributed by atoms with Gasteiger partial charge < -0.3 is 5.11 Å². The minimum Gasteiger partial charge on any atom is -0.505 e. The molecule has 1 N–H and O–H groups in total. The molecular weight excluding hydrogens is 398 g/mol. The van der Waals surface area contributed by atoms with Gasteiger partial charge in [-0.3, -0.25) is 0 Å². The summed E-state index contributed by atoms with van der Waals surface area (Å²) in [5, 5.41) is 9.76. The van der Waals surface area contributed by atoms with Crippen LogP contribution in [0.25, 0.3) is 0 Å². The van der Waals surface area contributed by atoms with Crippen LogP contribution in [-0.4, -0.2) is 13.5 Å². The van der Waals surface area contributed by atoms with Crippen molar-refractivity contribution in [1.82, 2.24) is 0 Å². The SMILES string of the molecule is Cc1cc(C)c(C2(c3cc(F)c(O)cc3C)OS(=O)(=O)c3ccccc32)cc1F. The van der Waals surface area contributed by atoms with Gasteiger partial charge >= 0.3 is 0 Å². The molecule has 4 nitrogen and oxygen atoms in total. The van der Waals surface area contributed by atoms with Crippen LogP contribution >= 0.6 is 0 Å². The quantitative estimate of drug-likeness (QED) is 0.620. The first-order valence-corrected chi connectivity index (χ1v) is 10.3. The topological polar surface area (TPSA) is 63.6 Å². The summed E-state index contributed by atoms with van der Waals surface area (Å²) >= 11 is 0. The third-order valence-corrected chi connectivity index (χ3v) is 6.69. The molecule has 3 aromatic carbocycles. The molecule has 1 unspecified atom stereocenters. The van der Waals surface area contributed by atoms with Crippen LogP contribution in [0.15, 0.2) is 53.4 Å². The van der Waals surface area contributed by atoms with Crippen LogP contribution < -0.4 is 0 Å². The van der Waals surface area contributed by atoms with Gasteiger partial charge in [0.1, 0.15) is 10.7 Å². The largest absolute Gasteiger partial charge is 0.505 e. The summed E-state index contributed by atoms with van der Waals surface area (Å²) < 4.78 is 60.4. The third-order valence-electron chi connectivity index (χ3n) is 5.33. The minimum absolute atomic E-state index is 0.0618. The van der Waals surface area contributed by atoms with E-state index in [1.807, 2.05) is 0 Å². The fourth-order valence-corrected chi connectivity index (χ4v) is 5.42. The van der Waals surface area contributed by atoms with E-state index < -0.39 is 33.1 Å². The highest BCUT2D eigenvalue weighted by molar-refractivity contribution is 7.87. The Labute approximate surface area is 167 Å². The number of halogens is 2. The highest BCUT2D eigenvalue weighted by Crippen LogP contribution is 2.52. The van der Waals surface area contributed by atoms with E-state index in [1.165, 1.54) is 18.2 Å². The average molecular weight is 416 g/mol. The maximum atomic E-state index is 14.6. The van der Waals surface area contributed by atoms with Crippen LogP contribution in [0.2, 0.25) is 0 Å². The van der Waals surface area contributed by atoms with E-state index in [9.17, 15) is 22.3 Å². The fraction of sp³-hybridized carbons (Fsp3) is 0.182. The molecule has 0 saturated carbocycles. The number of aryl methyl sites for hydroxylation is 3. The van der Waals surface area contributed by atoms with E-state index in [4.69, 9.17) is 4.18 Å². The van der Waals surface area contributed by atoms with E-state index in [2.05, 4.69) is 0 Å². The van der Waals surface area contributed by atoms with Gasteiger partial charge in [0.25, 0.3) is 10.1 Å². The van der Waals surface area contributed by atoms with Gasteiger partial charge in [-0.2, -0.15) is 8.42 Å². The molecule has 1 aliphatic rings. The lowest BCUT2D eigenvalue weighted by Crippen LogP contribution is -2.32. The van der Waals surface area contributed by atoms with Crippen molar-refractivity contribution in [2.24, 2.45) is 0 Å². The van der Waals surface area contributed by atoms with Crippen LogP contribution in [0.4, 0.5) is 8.78 Å². The Bertz CT molecular complexity index is 1210. The normalized spacial score (nSPS) is 19.9. The molecule has 29 heavy (non-hydrogen) atoms. The first-order chi connectivity index (χ1) is 13.6. The zero-order valence-corrected chi connectivity index (χ0v) is 16.8. The van der Waals surface area contributed by atoms with Gasteiger partial charge in [0, 0.05) is 16.7 Å². The number of hydrogen-bond acceptors (Lipinski definition) is 4. The zero-order chi connectivity index (χ0) is 21.1. The molecule has 4 rings (SSSR count). The van der Waals surface area contributed by atoms with Crippen molar-refractivity contribution in [1.29, 1.82) is 0 Å². The maximum Gasteiger partial charge on any atom is 0.298 e. The standard InChI is InChI=1S/C22H18F2O4S/c1-12-8-14(3)18(23)10-16(12)22(17-11-19(24)20(25)9-13(17)2)15-6-4-5-7-21(15)29(26,27)28-22/h4-11,25H,1-3H3. The first kappa shape index (κ1) is 19.5. The van der Waals surface area contributed by atoms with Crippen molar-refractivity contribution in [3.63, 3.8) is 0 Å². The Morgan fingerprint density at radius 3 is 2.10 bits per heavy atom. The van der Waals surface area contributed by atoms with Gasteiger partial charge in [0.05, 0.1) is 0 Å². The Kier molecular flexibility index (Phi) is 4.29. The van der Waals surface area contributed by atoms with Crippen molar-refractivity contribution in [3.05, 3.63) is 93.5 Å².